The zero-order valence-corrected chi connectivity index (χ0v) is 18.6. The number of hydrogen-bond donors (Lipinski definition) is 0. The molecule has 1 aliphatic heterocycles. The minimum Gasteiger partial charge on any atom is -0.491 e. The number of hydrogen-bond acceptors (Lipinski definition) is 6. The fourth-order valence-corrected chi connectivity index (χ4v) is 4.50. The average Bonchev–Trinajstić information content (AvgIpc) is 3.29. The summed E-state index contributed by atoms with van der Waals surface area (Å²) in [6, 6.07) is 7.33. The van der Waals surface area contributed by atoms with Gasteiger partial charge in [0.1, 0.15) is 17.1 Å². The summed E-state index contributed by atoms with van der Waals surface area (Å²) in [4.78, 5) is 29.4. The summed E-state index contributed by atoms with van der Waals surface area (Å²) in [5.74, 6) is 0.982. The number of aryl methyl sites for hydroxylation is 1. The Morgan fingerprint density at radius 1 is 1.23 bits per heavy atom. The largest absolute Gasteiger partial charge is 0.491 e. The van der Waals surface area contributed by atoms with E-state index in [1.54, 1.807) is 11.9 Å². The van der Waals surface area contributed by atoms with Crippen molar-refractivity contribution in [3.05, 3.63) is 41.2 Å². The van der Waals surface area contributed by atoms with Gasteiger partial charge in [0.15, 0.2) is 0 Å². The van der Waals surface area contributed by atoms with Crippen molar-refractivity contribution in [3.63, 3.8) is 0 Å². The maximum absolute atomic E-state index is 12.9. The zero-order chi connectivity index (χ0) is 22.2. The maximum Gasteiger partial charge on any atom is 0.253 e. The Bertz CT molecular complexity index is 945. The second-order valence-electron chi connectivity index (χ2n) is 9.09. The summed E-state index contributed by atoms with van der Waals surface area (Å²) < 4.78 is 10.4. The van der Waals surface area contributed by atoms with Gasteiger partial charge in [0, 0.05) is 31.6 Å². The maximum atomic E-state index is 12.9. The van der Waals surface area contributed by atoms with E-state index in [1.165, 1.54) is 0 Å². The number of amides is 2. The van der Waals surface area contributed by atoms with Gasteiger partial charge in [-0.15, -0.1) is 0 Å². The van der Waals surface area contributed by atoms with Crippen molar-refractivity contribution < 1.29 is 19.0 Å². The minimum atomic E-state index is 0.0300. The number of nitrogens with zero attached hydrogens (tertiary/aromatic N) is 4. The summed E-state index contributed by atoms with van der Waals surface area (Å²) in [5, 5.41) is 7.64. The molecule has 1 saturated heterocycles. The standard InChI is InChI=1S/C23H30N4O4/c1-15(2)30-18-7-5-17(6-8-18)21(28)27-11-9-23(10-12-27)13-19(23)22(29)26(4)14-20-16(3)24-31-25-20/h5-8,15,19H,9-14H2,1-4H3. The molecule has 166 valence electrons. The monoisotopic (exact) mass is 426 g/mol. The van der Waals surface area contributed by atoms with E-state index in [0.29, 0.717) is 36.6 Å². The molecule has 1 aliphatic carbocycles. The van der Waals surface area contributed by atoms with Gasteiger partial charge in [-0.25, -0.2) is 4.63 Å². The van der Waals surface area contributed by atoms with Crippen LogP contribution in [0.3, 0.4) is 0 Å². The van der Waals surface area contributed by atoms with Crippen molar-refractivity contribution in [1.82, 2.24) is 20.1 Å². The molecule has 1 spiro atoms. The van der Waals surface area contributed by atoms with Gasteiger partial charge < -0.3 is 14.5 Å². The Kier molecular flexibility index (Phi) is 5.73. The van der Waals surface area contributed by atoms with Crippen LogP contribution in [-0.4, -0.2) is 58.2 Å². The van der Waals surface area contributed by atoms with Crippen molar-refractivity contribution in [2.24, 2.45) is 11.3 Å². The highest BCUT2D eigenvalue weighted by Gasteiger charge is 2.59. The topological polar surface area (TPSA) is 88.8 Å². The number of ether oxygens (including phenoxy) is 1. The van der Waals surface area contributed by atoms with E-state index in [-0.39, 0.29) is 29.3 Å². The van der Waals surface area contributed by atoms with Gasteiger partial charge in [0.25, 0.3) is 5.91 Å². The summed E-state index contributed by atoms with van der Waals surface area (Å²) in [5.41, 5.74) is 2.11. The second-order valence-corrected chi connectivity index (χ2v) is 9.09. The molecule has 2 heterocycles. The van der Waals surface area contributed by atoms with Crippen LogP contribution in [0.2, 0.25) is 0 Å². The molecule has 4 rings (SSSR count). The molecule has 0 bridgehead atoms. The number of aromatic nitrogens is 2. The third-order valence-electron chi connectivity index (χ3n) is 6.52. The predicted molar refractivity (Wildman–Crippen MR) is 113 cm³/mol. The Morgan fingerprint density at radius 3 is 2.48 bits per heavy atom. The van der Waals surface area contributed by atoms with Crippen molar-refractivity contribution in [1.29, 1.82) is 0 Å². The molecule has 1 aromatic carbocycles. The first-order valence-electron chi connectivity index (χ1n) is 10.9. The number of likely N-dealkylation sites (tertiary alicyclic amines) is 1. The molecular formula is C23H30N4O4. The molecule has 8 nitrogen and oxygen atoms in total. The highest BCUT2D eigenvalue weighted by molar-refractivity contribution is 5.94. The van der Waals surface area contributed by atoms with Gasteiger partial charge in [0.05, 0.1) is 12.6 Å². The van der Waals surface area contributed by atoms with E-state index >= 15 is 0 Å². The first-order valence-corrected chi connectivity index (χ1v) is 10.9. The van der Waals surface area contributed by atoms with Gasteiger partial charge >= 0.3 is 0 Å². The molecule has 1 unspecified atom stereocenters. The molecule has 1 aromatic heterocycles. The third-order valence-corrected chi connectivity index (χ3v) is 6.52. The fourth-order valence-electron chi connectivity index (χ4n) is 4.50. The van der Waals surface area contributed by atoms with Crippen LogP contribution < -0.4 is 4.74 Å². The lowest BCUT2D eigenvalue weighted by atomic mass is 9.90. The van der Waals surface area contributed by atoms with Gasteiger partial charge in [0.2, 0.25) is 5.91 Å². The zero-order valence-electron chi connectivity index (χ0n) is 18.6. The van der Waals surface area contributed by atoms with Crippen LogP contribution in [0.15, 0.2) is 28.9 Å². The van der Waals surface area contributed by atoms with E-state index in [1.807, 2.05) is 49.9 Å². The van der Waals surface area contributed by atoms with E-state index in [4.69, 9.17) is 9.37 Å². The fraction of sp³-hybridized carbons (Fsp3) is 0.565. The highest BCUT2D eigenvalue weighted by atomic mass is 16.6. The lowest BCUT2D eigenvalue weighted by molar-refractivity contribution is -0.133. The summed E-state index contributed by atoms with van der Waals surface area (Å²) in [7, 11) is 1.80. The van der Waals surface area contributed by atoms with Gasteiger partial charge in [-0.3, -0.25) is 9.59 Å². The SMILES string of the molecule is Cc1nonc1CN(C)C(=O)C1CC12CCN(C(=O)c1ccc(OC(C)C)cc1)CC2. The molecule has 0 radical (unpaired) electrons. The van der Waals surface area contributed by atoms with Crippen LogP contribution in [0.4, 0.5) is 0 Å². The molecule has 2 aromatic rings. The van der Waals surface area contributed by atoms with Crippen molar-refractivity contribution in [3.8, 4) is 5.75 Å². The summed E-state index contributed by atoms with van der Waals surface area (Å²) >= 11 is 0. The number of piperidine rings is 1. The minimum absolute atomic E-state index is 0.0300. The van der Waals surface area contributed by atoms with E-state index in [9.17, 15) is 9.59 Å². The average molecular weight is 427 g/mol. The summed E-state index contributed by atoms with van der Waals surface area (Å²) in [6.45, 7) is 7.54. The lowest BCUT2D eigenvalue weighted by Gasteiger charge is -2.33. The van der Waals surface area contributed by atoms with Gasteiger partial charge in [-0.1, -0.05) is 10.3 Å². The van der Waals surface area contributed by atoms with Crippen molar-refractivity contribution >= 4 is 11.8 Å². The van der Waals surface area contributed by atoms with E-state index in [2.05, 4.69) is 10.3 Å². The summed E-state index contributed by atoms with van der Waals surface area (Å²) in [6.07, 6.45) is 2.73. The van der Waals surface area contributed by atoms with Gasteiger partial charge in [-0.05, 0) is 69.7 Å². The Balaban J connectivity index is 1.30. The highest BCUT2D eigenvalue weighted by Crippen LogP contribution is 2.60. The Morgan fingerprint density at radius 2 is 1.90 bits per heavy atom. The van der Waals surface area contributed by atoms with Crippen LogP contribution in [0.25, 0.3) is 0 Å². The number of rotatable bonds is 6. The molecule has 2 amide bonds. The van der Waals surface area contributed by atoms with Crippen molar-refractivity contribution in [2.45, 2.75) is 52.7 Å². The smallest absolute Gasteiger partial charge is 0.253 e. The molecule has 8 heteroatoms. The van der Waals surface area contributed by atoms with Crippen LogP contribution >= 0.6 is 0 Å². The second kappa shape index (κ2) is 8.32. The molecule has 1 saturated carbocycles. The van der Waals surface area contributed by atoms with Crippen LogP contribution in [0.5, 0.6) is 5.75 Å². The Labute approximate surface area is 182 Å². The quantitative estimate of drug-likeness (QED) is 0.705. The molecule has 31 heavy (non-hydrogen) atoms. The predicted octanol–water partition coefficient (Wildman–Crippen LogP) is 3.07. The molecule has 2 fully saturated rings. The Hall–Kier alpha value is -2.90. The number of benzene rings is 1. The normalized spacial score (nSPS) is 19.5. The molecule has 2 aliphatic rings. The molecule has 0 N–H and O–H groups in total. The van der Waals surface area contributed by atoms with E-state index in [0.717, 1.165) is 25.0 Å². The molecule has 1 atom stereocenters. The number of carbonyl (C=O) groups excluding carboxylic acids is 2. The van der Waals surface area contributed by atoms with Crippen LogP contribution in [0.1, 0.15) is 54.9 Å². The third kappa shape index (κ3) is 4.43. The molecular weight excluding hydrogens is 396 g/mol. The van der Waals surface area contributed by atoms with E-state index < -0.39 is 0 Å². The first kappa shape index (κ1) is 21.3. The van der Waals surface area contributed by atoms with Crippen LogP contribution in [0, 0.1) is 18.3 Å². The first-order chi connectivity index (χ1) is 14.8. The lowest BCUT2D eigenvalue weighted by Crippen LogP contribution is -2.40. The van der Waals surface area contributed by atoms with Crippen molar-refractivity contribution in [2.75, 3.05) is 20.1 Å². The number of carbonyl (C=O) groups is 2. The van der Waals surface area contributed by atoms with Crippen LogP contribution in [-0.2, 0) is 11.3 Å². The van der Waals surface area contributed by atoms with Gasteiger partial charge in [-0.2, -0.15) is 0 Å².